The van der Waals surface area contributed by atoms with Gasteiger partial charge in [-0.25, -0.2) is 0 Å². The molecule has 2 aromatic rings. The molecule has 3 N–H and O–H groups in total. The number of hydrogen-bond acceptors (Lipinski definition) is 3. The van der Waals surface area contributed by atoms with Crippen molar-refractivity contribution in [1.29, 1.82) is 0 Å². The third-order valence-corrected chi connectivity index (χ3v) is 3.80. The molecule has 0 amide bonds. The maximum atomic E-state index is 6.36. The highest BCUT2D eigenvalue weighted by Crippen LogP contribution is 2.30. The van der Waals surface area contributed by atoms with Gasteiger partial charge in [-0.2, -0.15) is 0 Å². The second-order valence-electron chi connectivity index (χ2n) is 4.73. The van der Waals surface area contributed by atoms with Crippen molar-refractivity contribution in [3.05, 3.63) is 21.9 Å². The lowest BCUT2D eigenvalue weighted by atomic mass is 10.2. The van der Waals surface area contributed by atoms with E-state index in [0.29, 0.717) is 10.8 Å². The van der Waals surface area contributed by atoms with Gasteiger partial charge in [0.15, 0.2) is 4.77 Å². The Hall–Kier alpha value is -1.04. The Kier molecular flexibility index (Phi) is 3.05. The quantitative estimate of drug-likeness (QED) is 0.705. The number of imidazole rings is 1. The summed E-state index contributed by atoms with van der Waals surface area (Å²) in [6, 6.07) is 4.49. The molecule has 1 fully saturated rings. The fourth-order valence-electron chi connectivity index (χ4n) is 2.44. The van der Waals surface area contributed by atoms with E-state index in [9.17, 15) is 0 Å². The molecule has 0 spiro atoms. The Labute approximate surface area is 115 Å². The number of rotatable bonds is 1. The molecule has 96 valence electrons. The number of H-pyrrole nitrogens is 2. The zero-order valence-electron chi connectivity index (χ0n) is 10.1. The van der Waals surface area contributed by atoms with E-state index >= 15 is 0 Å². The van der Waals surface area contributed by atoms with Gasteiger partial charge in [0.1, 0.15) is 0 Å². The Bertz CT molecular complexity index is 633. The highest BCUT2D eigenvalue weighted by Gasteiger charge is 2.18. The number of nitrogens with zero attached hydrogens (tertiary/aromatic N) is 1. The molecule has 0 saturated carbocycles. The van der Waals surface area contributed by atoms with Crippen LogP contribution in [0, 0.1) is 4.77 Å². The summed E-state index contributed by atoms with van der Waals surface area (Å²) in [5.41, 5.74) is 3.03. The fraction of sp³-hybridized carbons (Fsp3) is 0.417. The number of benzene rings is 1. The van der Waals surface area contributed by atoms with Crippen molar-refractivity contribution in [3.8, 4) is 0 Å². The van der Waals surface area contributed by atoms with Crippen LogP contribution in [0.2, 0.25) is 5.02 Å². The van der Waals surface area contributed by atoms with Crippen LogP contribution in [-0.4, -0.2) is 35.6 Å². The largest absolute Gasteiger partial charge is 0.367 e. The third kappa shape index (κ3) is 2.13. The average molecular weight is 283 g/mol. The summed E-state index contributed by atoms with van der Waals surface area (Å²) in [6.45, 7) is 5.11. The van der Waals surface area contributed by atoms with Crippen LogP contribution < -0.4 is 10.2 Å². The highest BCUT2D eigenvalue weighted by molar-refractivity contribution is 7.71. The Morgan fingerprint density at radius 1 is 1.33 bits per heavy atom. The first-order chi connectivity index (χ1) is 8.63. The summed E-state index contributed by atoms with van der Waals surface area (Å²) in [5.74, 6) is 0. The Balaban J connectivity index is 2.04. The van der Waals surface area contributed by atoms with Gasteiger partial charge in [-0.05, 0) is 31.3 Å². The average Bonchev–Trinajstić information content (AvgIpc) is 2.67. The molecule has 1 saturated heterocycles. The first-order valence-electron chi connectivity index (χ1n) is 6.03. The van der Waals surface area contributed by atoms with Crippen LogP contribution >= 0.6 is 23.8 Å². The molecule has 6 heteroatoms. The monoisotopic (exact) mass is 282 g/mol. The lowest BCUT2D eigenvalue weighted by Crippen LogP contribution is -2.49. The van der Waals surface area contributed by atoms with E-state index in [4.69, 9.17) is 23.8 Å². The van der Waals surface area contributed by atoms with Gasteiger partial charge in [-0.15, -0.1) is 0 Å². The topological polar surface area (TPSA) is 46.9 Å². The van der Waals surface area contributed by atoms with Gasteiger partial charge >= 0.3 is 0 Å². The molecular weight excluding hydrogens is 268 g/mol. The van der Waals surface area contributed by atoms with Gasteiger partial charge in [0.25, 0.3) is 0 Å². The molecule has 4 nitrogen and oxygen atoms in total. The van der Waals surface area contributed by atoms with Gasteiger partial charge in [-0.3, -0.25) is 0 Å². The summed E-state index contributed by atoms with van der Waals surface area (Å²) < 4.78 is 0.631. The molecule has 1 aliphatic rings. The second kappa shape index (κ2) is 4.57. The van der Waals surface area contributed by atoms with Crippen molar-refractivity contribution in [1.82, 2.24) is 15.3 Å². The molecule has 0 radical (unpaired) electrons. The van der Waals surface area contributed by atoms with Gasteiger partial charge < -0.3 is 20.2 Å². The minimum absolute atomic E-state index is 0.482. The second-order valence-corrected chi connectivity index (χ2v) is 5.54. The van der Waals surface area contributed by atoms with Crippen LogP contribution in [0.3, 0.4) is 0 Å². The van der Waals surface area contributed by atoms with Gasteiger partial charge in [0, 0.05) is 25.7 Å². The minimum atomic E-state index is 0.482. The van der Waals surface area contributed by atoms with Crippen molar-refractivity contribution >= 4 is 40.5 Å². The number of aromatic nitrogens is 2. The fourth-order valence-corrected chi connectivity index (χ4v) is 2.94. The van der Waals surface area contributed by atoms with Crippen molar-refractivity contribution in [2.75, 3.05) is 24.5 Å². The summed E-state index contributed by atoms with van der Waals surface area (Å²) in [7, 11) is 0. The van der Waals surface area contributed by atoms with Crippen molar-refractivity contribution in [3.63, 3.8) is 0 Å². The van der Waals surface area contributed by atoms with E-state index in [0.717, 1.165) is 41.4 Å². The molecule has 1 aromatic carbocycles. The number of nitrogens with one attached hydrogen (secondary N) is 3. The maximum Gasteiger partial charge on any atom is 0.175 e. The number of hydrogen-bond donors (Lipinski definition) is 3. The van der Waals surface area contributed by atoms with E-state index < -0.39 is 0 Å². The number of anilines is 1. The van der Waals surface area contributed by atoms with Crippen molar-refractivity contribution < 1.29 is 0 Å². The maximum absolute atomic E-state index is 6.36. The standard InChI is InChI=1S/C12H15ClN4S/c1-7-6-17(3-2-14-7)11-5-10-9(4-8(11)13)15-12(18)16-10/h4-5,7,14H,2-3,6H2,1H3,(H2,15,16,18). The van der Waals surface area contributed by atoms with Crippen LogP contribution in [0.25, 0.3) is 11.0 Å². The minimum Gasteiger partial charge on any atom is -0.367 e. The zero-order valence-corrected chi connectivity index (χ0v) is 11.7. The van der Waals surface area contributed by atoms with Gasteiger partial charge in [0.2, 0.25) is 0 Å². The first-order valence-corrected chi connectivity index (χ1v) is 6.82. The highest BCUT2D eigenvalue weighted by atomic mass is 35.5. The smallest absolute Gasteiger partial charge is 0.175 e. The van der Waals surface area contributed by atoms with E-state index in [1.54, 1.807) is 0 Å². The molecule has 3 rings (SSSR count). The first kappa shape index (κ1) is 12.0. The Morgan fingerprint density at radius 2 is 2.06 bits per heavy atom. The molecular formula is C12H15ClN4S. The lowest BCUT2D eigenvalue weighted by Gasteiger charge is -2.34. The van der Waals surface area contributed by atoms with Crippen LogP contribution in [0.5, 0.6) is 0 Å². The molecule has 1 atom stereocenters. The summed E-state index contributed by atoms with van der Waals surface area (Å²) in [5, 5.41) is 4.19. The van der Waals surface area contributed by atoms with Crippen molar-refractivity contribution in [2.45, 2.75) is 13.0 Å². The molecule has 1 unspecified atom stereocenters. The SMILES string of the molecule is CC1CN(c2cc3[nH]c(=S)[nH]c3cc2Cl)CCN1. The Morgan fingerprint density at radius 3 is 2.78 bits per heavy atom. The van der Waals surface area contributed by atoms with Crippen LogP contribution in [0.1, 0.15) is 6.92 Å². The number of piperazine rings is 1. The van der Waals surface area contributed by atoms with E-state index in [1.165, 1.54) is 0 Å². The van der Waals surface area contributed by atoms with Crippen LogP contribution in [0.15, 0.2) is 12.1 Å². The summed E-state index contributed by atoms with van der Waals surface area (Å²) in [4.78, 5) is 8.53. The normalized spacial score (nSPS) is 20.6. The summed E-state index contributed by atoms with van der Waals surface area (Å²) >= 11 is 11.5. The number of halogens is 1. The molecule has 2 heterocycles. The molecule has 0 bridgehead atoms. The van der Waals surface area contributed by atoms with E-state index in [2.05, 4.69) is 33.2 Å². The number of fused-ring (bicyclic) bond motifs is 1. The lowest BCUT2D eigenvalue weighted by molar-refractivity contribution is 0.485. The zero-order chi connectivity index (χ0) is 12.7. The van der Waals surface area contributed by atoms with Crippen LogP contribution in [-0.2, 0) is 0 Å². The predicted octanol–water partition coefficient (Wildman–Crippen LogP) is 2.68. The van der Waals surface area contributed by atoms with E-state index in [1.807, 2.05) is 6.07 Å². The molecule has 18 heavy (non-hydrogen) atoms. The van der Waals surface area contributed by atoms with Gasteiger partial charge in [-0.1, -0.05) is 11.6 Å². The molecule has 1 aliphatic heterocycles. The van der Waals surface area contributed by atoms with E-state index in [-0.39, 0.29) is 0 Å². The van der Waals surface area contributed by atoms with Crippen LogP contribution in [0.4, 0.5) is 5.69 Å². The molecule has 0 aliphatic carbocycles. The predicted molar refractivity (Wildman–Crippen MR) is 78.2 cm³/mol. The van der Waals surface area contributed by atoms with Crippen molar-refractivity contribution in [2.24, 2.45) is 0 Å². The third-order valence-electron chi connectivity index (χ3n) is 3.29. The number of aromatic amines is 2. The molecule has 1 aromatic heterocycles. The van der Waals surface area contributed by atoms with Gasteiger partial charge in [0.05, 0.1) is 21.7 Å². The summed E-state index contributed by atoms with van der Waals surface area (Å²) in [6.07, 6.45) is 0.